The van der Waals surface area contributed by atoms with E-state index in [9.17, 15) is 9.90 Å². The maximum atomic E-state index is 12.8. The quantitative estimate of drug-likeness (QED) is 0.860. The molecule has 1 aliphatic rings. The van der Waals surface area contributed by atoms with E-state index in [1.54, 1.807) is 11.0 Å². The molecule has 8 heteroatoms. The number of amides is 1. The predicted octanol–water partition coefficient (Wildman–Crippen LogP) is 1.19. The number of rotatable bonds is 2. The molecule has 2 aromatic heterocycles. The number of nitrogens with one attached hydrogen (secondary N) is 1. The van der Waals surface area contributed by atoms with E-state index in [0.29, 0.717) is 30.8 Å². The Hall–Kier alpha value is -2.22. The third-order valence-corrected chi connectivity index (χ3v) is 4.39. The van der Waals surface area contributed by atoms with Crippen LogP contribution in [0.15, 0.2) is 12.3 Å². The van der Waals surface area contributed by atoms with Crippen LogP contribution in [0, 0.1) is 6.92 Å². The number of hydrogen-bond donors (Lipinski definition) is 2. The Morgan fingerprint density at radius 1 is 1.42 bits per heavy atom. The third kappa shape index (κ3) is 2.93. The normalized spacial score (nSPS) is 22.0. The van der Waals surface area contributed by atoms with Gasteiger partial charge >= 0.3 is 0 Å². The zero-order valence-electron chi connectivity index (χ0n) is 14.6. The van der Waals surface area contributed by atoms with Crippen molar-refractivity contribution in [2.45, 2.75) is 51.7 Å². The van der Waals surface area contributed by atoms with Crippen LogP contribution in [0.4, 0.5) is 0 Å². The lowest BCUT2D eigenvalue weighted by atomic mass is 9.90. The van der Waals surface area contributed by atoms with Gasteiger partial charge in [-0.05, 0) is 46.6 Å². The summed E-state index contributed by atoms with van der Waals surface area (Å²) in [6.45, 7) is 8.87. The molecule has 130 valence electrons. The lowest BCUT2D eigenvalue weighted by Crippen LogP contribution is -2.48. The highest BCUT2D eigenvalue weighted by molar-refractivity contribution is 5.92. The largest absolute Gasteiger partial charge is 0.382 e. The molecule has 2 aromatic rings. The fourth-order valence-corrected chi connectivity index (χ4v) is 3.26. The van der Waals surface area contributed by atoms with Crippen LogP contribution in [0.25, 0.3) is 0 Å². The van der Waals surface area contributed by atoms with Gasteiger partial charge in [0.2, 0.25) is 0 Å². The molecule has 3 rings (SSSR count). The number of H-pyrrole nitrogens is 1. The van der Waals surface area contributed by atoms with Crippen molar-refractivity contribution in [2.75, 3.05) is 13.1 Å². The maximum Gasteiger partial charge on any atom is 0.274 e. The molecule has 1 fully saturated rings. The Morgan fingerprint density at radius 3 is 2.75 bits per heavy atom. The molecule has 0 aliphatic carbocycles. The summed E-state index contributed by atoms with van der Waals surface area (Å²) in [7, 11) is 0. The van der Waals surface area contributed by atoms with E-state index in [1.807, 2.05) is 32.4 Å². The van der Waals surface area contributed by atoms with Crippen LogP contribution in [0.2, 0.25) is 0 Å². The molecular formula is C16H24N6O2. The molecule has 0 saturated carbocycles. The SMILES string of the molecule is Cc1cc(C(=O)N2CCC[C@](O)(c3cn[nH]n3)C2)nn1C(C)(C)C. The summed E-state index contributed by atoms with van der Waals surface area (Å²) >= 11 is 0. The number of hydrogen-bond acceptors (Lipinski definition) is 5. The van der Waals surface area contributed by atoms with Crippen LogP contribution in [0.3, 0.4) is 0 Å². The van der Waals surface area contributed by atoms with Crippen LogP contribution >= 0.6 is 0 Å². The number of β-amino-alcohol motifs (C(OH)–C–C–N with tert-alkyl or cyclic N) is 1. The minimum absolute atomic E-state index is 0.164. The van der Waals surface area contributed by atoms with E-state index >= 15 is 0 Å². The fourth-order valence-electron chi connectivity index (χ4n) is 3.26. The molecule has 0 aromatic carbocycles. The molecule has 3 heterocycles. The van der Waals surface area contributed by atoms with Gasteiger partial charge in [0.1, 0.15) is 11.3 Å². The second-order valence-corrected chi connectivity index (χ2v) is 7.47. The number of carbonyl (C=O) groups is 1. The Labute approximate surface area is 140 Å². The van der Waals surface area contributed by atoms with Crippen molar-refractivity contribution in [3.8, 4) is 0 Å². The van der Waals surface area contributed by atoms with E-state index in [0.717, 1.165) is 5.69 Å². The molecule has 1 aliphatic heterocycles. The topological polar surface area (TPSA) is 99.9 Å². The van der Waals surface area contributed by atoms with Gasteiger partial charge in [-0.3, -0.25) is 9.48 Å². The zero-order chi connectivity index (χ0) is 17.5. The van der Waals surface area contributed by atoms with E-state index < -0.39 is 5.60 Å². The zero-order valence-corrected chi connectivity index (χ0v) is 14.6. The Kier molecular flexibility index (Phi) is 3.95. The number of piperidine rings is 1. The highest BCUT2D eigenvalue weighted by atomic mass is 16.3. The molecule has 1 amide bonds. The summed E-state index contributed by atoms with van der Waals surface area (Å²) in [4.78, 5) is 14.5. The highest BCUT2D eigenvalue weighted by Gasteiger charge is 2.39. The molecule has 0 radical (unpaired) electrons. The van der Waals surface area contributed by atoms with Gasteiger partial charge in [-0.1, -0.05) is 0 Å². The summed E-state index contributed by atoms with van der Waals surface area (Å²) in [6.07, 6.45) is 2.76. The van der Waals surface area contributed by atoms with Crippen molar-refractivity contribution in [2.24, 2.45) is 0 Å². The van der Waals surface area contributed by atoms with Gasteiger partial charge in [-0.15, -0.1) is 0 Å². The number of nitrogens with zero attached hydrogens (tertiary/aromatic N) is 5. The first-order chi connectivity index (χ1) is 11.2. The van der Waals surface area contributed by atoms with Crippen LogP contribution in [-0.2, 0) is 11.1 Å². The predicted molar refractivity (Wildman–Crippen MR) is 87.4 cm³/mol. The van der Waals surface area contributed by atoms with Gasteiger partial charge in [-0.25, -0.2) is 0 Å². The summed E-state index contributed by atoms with van der Waals surface area (Å²) in [6, 6.07) is 1.80. The average Bonchev–Trinajstić information content (AvgIpc) is 3.15. The molecule has 1 atom stereocenters. The van der Waals surface area contributed by atoms with Gasteiger partial charge in [-0.2, -0.15) is 20.5 Å². The molecule has 24 heavy (non-hydrogen) atoms. The Morgan fingerprint density at radius 2 is 2.17 bits per heavy atom. The summed E-state index contributed by atoms with van der Waals surface area (Å²) < 4.78 is 1.86. The van der Waals surface area contributed by atoms with Crippen molar-refractivity contribution >= 4 is 5.91 Å². The summed E-state index contributed by atoms with van der Waals surface area (Å²) in [5, 5.41) is 25.6. The van der Waals surface area contributed by atoms with Gasteiger partial charge in [0.15, 0.2) is 5.69 Å². The van der Waals surface area contributed by atoms with Crippen molar-refractivity contribution < 1.29 is 9.90 Å². The first kappa shape index (κ1) is 16.6. The van der Waals surface area contributed by atoms with Crippen LogP contribution < -0.4 is 0 Å². The third-order valence-electron chi connectivity index (χ3n) is 4.39. The molecular weight excluding hydrogens is 308 g/mol. The maximum absolute atomic E-state index is 12.8. The molecule has 2 N–H and O–H groups in total. The van der Waals surface area contributed by atoms with E-state index in [4.69, 9.17) is 0 Å². The van der Waals surface area contributed by atoms with Crippen LogP contribution in [-0.4, -0.2) is 54.2 Å². The van der Waals surface area contributed by atoms with Crippen LogP contribution in [0.5, 0.6) is 0 Å². The lowest BCUT2D eigenvalue weighted by Gasteiger charge is -2.37. The standard InChI is InChI=1S/C16H24N6O2/c1-11-8-12(19-22(11)15(2,3)4)14(23)21-7-5-6-16(24,10-21)13-9-17-20-18-13/h8-9,24H,5-7,10H2,1-4H3,(H,17,18,20)/t16-/m1/s1. The van der Waals surface area contributed by atoms with Crippen molar-refractivity contribution in [3.05, 3.63) is 29.3 Å². The number of aryl methyl sites for hydroxylation is 1. The number of aliphatic hydroxyl groups is 1. The number of likely N-dealkylation sites (tertiary alicyclic amines) is 1. The number of carbonyl (C=O) groups excluding carboxylic acids is 1. The fraction of sp³-hybridized carbons (Fsp3) is 0.625. The molecule has 8 nitrogen and oxygen atoms in total. The Bertz CT molecular complexity index is 730. The van der Waals surface area contributed by atoms with Crippen LogP contribution in [0.1, 0.15) is 55.5 Å². The molecule has 0 unspecified atom stereocenters. The minimum Gasteiger partial charge on any atom is -0.382 e. The van der Waals surface area contributed by atoms with Gasteiger partial charge in [0.25, 0.3) is 5.91 Å². The Balaban J connectivity index is 1.83. The lowest BCUT2D eigenvalue weighted by molar-refractivity contribution is -0.0322. The first-order valence-corrected chi connectivity index (χ1v) is 8.16. The smallest absolute Gasteiger partial charge is 0.274 e. The van der Waals surface area contributed by atoms with E-state index in [1.165, 1.54) is 6.20 Å². The van der Waals surface area contributed by atoms with E-state index in [-0.39, 0.29) is 18.0 Å². The highest BCUT2D eigenvalue weighted by Crippen LogP contribution is 2.30. The second kappa shape index (κ2) is 5.70. The van der Waals surface area contributed by atoms with Gasteiger partial charge in [0, 0.05) is 12.2 Å². The van der Waals surface area contributed by atoms with Gasteiger partial charge in [0.05, 0.1) is 18.3 Å². The number of aromatic amines is 1. The first-order valence-electron chi connectivity index (χ1n) is 8.16. The van der Waals surface area contributed by atoms with Crippen molar-refractivity contribution in [1.29, 1.82) is 0 Å². The summed E-state index contributed by atoms with van der Waals surface area (Å²) in [5.41, 5.74) is 0.465. The molecule has 0 spiro atoms. The average molecular weight is 332 g/mol. The minimum atomic E-state index is -1.16. The number of aromatic nitrogens is 5. The monoisotopic (exact) mass is 332 g/mol. The second-order valence-electron chi connectivity index (χ2n) is 7.47. The molecule has 0 bridgehead atoms. The summed E-state index contributed by atoms with van der Waals surface area (Å²) in [5.74, 6) is -0.164. The molecule has 1 saturated heterocycles. The van der Waals surface area contributed by atoms with Crippen molar-refractivity contribution in [3.63, 3.8) is 0 Å². The van der Waals surface area contributed by atoms with E-state index in [2.05, 4.69) is 20.5 Å². The van der Waals surface area contributed by atoms with Gasteiger partial charge < -0.3 is 10.0 Å². The van der Waals surface area contributed by atoms with Crippen molar-refractivity contribution in [1.82, 2.24) is 30.1 Å².